The van der Waals surface area contributed by atoms with Crippen LogP contribution in [0.3, 0.4) is 0 Å². The Balaban J connectivity index is -0.0000000368. The minimum absolute atomic E-state index is 1.25. The molecule has 0 atom stereocenters. The highest BCUT2D eigenvalue weighted by molar-refractivity contribution is 4.51. The first kappa shape index (κ1) is 22.5. The lowest BCUT2D eigenvalue weighted by Crippen LogP contribution is -1.47. The molecule has 0 rings (SSSR count). The maximum absolute atomic E-state index is 3.36. The van der Waals surface area contributed by atoms with Gasteiger partial charge in [-0.05, 0) is 6.92 Å². The third-order valence-electron chi connectivity index (χ3n) is 0.500. The molecule has 12 heavy (non-hydrogen) atoms. The molecule has 0 saturated carbocycles. The molecular formula is C12H28. The Morgan fingerprint density at radius 3 is 1.00 bits per heavy atom. The van der Waals surface area contributed by atoms with Gasteiger partial charge in [0.15, 0.2) is 0 Å². The van der Waals surface area contributed by atoms with Gasteiger partial charge < -0.3 is 0 Å². The van der Waals surface area contributed by atoms with Crippen molar-refractivity contribution in [3.05, 3.63) is 25.8 Å². The maximum atomic E-state index is 3.36. The van der Waals surface area contributed by atoms with Crippen LogP contribution in [0.15, 0.2) is 25.8 Å². The zero-order chi connectivity index (χ0) is 10.8. The Kier molecular flexibility index (Phi) is 146. The van der Waals surface area contributed by atoms with Crippen LogP contribution in [0.4, 0.5) is 0 Å². The normalized spacial score (nSPS) is 5.42. The Bertz CT molecular complexity index is 35.3. The van der Waals surface area contributed by atoms with Gasteiger partial charge in [-0.1, -0.05) is 53.0 Å². The lowest BCUT2D eigenvalue weighted by Gasteiger charge is -1.68. The van der Waals surface area contributed by atoms with Gasteiger partial charge in [0.1, 0.15) is 0 Å². The van der Waals surface area contributed by atoms with Crippen molar-refractivity contribution in [3.63, 3.8) is 0 Å². The topological polar surface area (TPSA) is 0 Å². The summed E-state index contributed by atoms with van der Waals surface area (Å²) in [5.74, 6) is 0. The van der Waals surface area contributed by atoms with E-state index in [-0.39, 0.29) is 0 Å². The Labute approximate surface area is 80.4 Å². The molecule has 0 amide bonds. The monoisotopic (exact) mass is 172 g/mol. The van der Waals surface area contributed by atoms with E-state index in [1.54, 1.807) is 6.08 Å². The Morgan fingerprint density at radius 2 is 1.00 bits per heavy atom. The predicted octanol–water partition coefficient (Wildman–Crippen LogP) is 5.22. The van der Waals surface area contributed by atoms with Crippen LogP contribution in [0.2, 0.25) is 0 Å². The molecule has 0 fully saturated rings. The van der Waals surface area contributed by atoms with Crippen LogP contribution >= 0.6 is 0 Å². The molecule has 0 aromatic heterocycles. The second-order valence-corrected chi connectivity index (χ2v) is 2.12. The molecule has 0 heteroatoms. The van der Waals surface area contributed by atoms with Crippen LogP contribution in [-0.4, -0.2) is 0 Å². The molecule has 0 aromatic carbocycles. The molecule has 0 aliphatic carbocycles. The van der Waals surface area contributed by atoms with Gasteiger partial charge >= 0.3 is 0 Å². The minimum atomic E-state index is 1.25. The van der Waals surface area contributed by atoms with Gasteiger partial charge in [0.05, 0.1) is 0 Å². The van der Waals surface area contributed by atoms with Gasteiger partial charge in [0.25, 0.3) is 0 Å². The molecule has 0 unspecified atom stereocenters. The van der Waals surface area contributed by atoms with Gasteiger partial charge in [-0.15, -0.1) is 19.7 Å². The van der Waals surface area contributed by atoms with Gasteiger partial charge in [0.2, 0.25) is 0 Å². The van der Waals surface area contributed by atoms with Gasteiger partial charge in [-0.3, -0.25) is 0 Å². The average molecular weight is 172 g/mol. The van der Waals surface area contributed by atoms with Crippen molar-refractivity contribution < 1.29 is 0 Å². The number of unbranched alkanes of at least 4 members (excludes halogenated alkanes) is 1. The van der Waals surface area contributed by atoms with Gasteiger partial charge in [-0.25, -0.2) is 0 Å². The van der Waals surface area contributed by atoms with Crippen LogP contribution in [0.25, 0.3) is 0 Å². The van der Waals surface area contributed by atoms with Crippen molar-refractivity contribution >= 4 is 0 Å². The van der Waals surface area contributed by atoms with Crippen molar-refractivity contribution in [1.82, 2.24) is 0 Å². The second kappa shape index (κ2) is 77.8. The van der Waals surface area contributed by atoms with Crippen LogP contribution < -0.4 is 0 Å². The molecule has 0 aromatic rings. The van der Waals surface area contributed by atoms with Crippen LogP contribution in [0.5, 0.6) is 0 Å². The summed E-state index contributed by atoms with van der Waals surface area (Å²) in [6, 6.07) is 0. The van der Waals surface area contributed by atoms with E-state index in [1.165, 1.54) is 19.3 Å². The van der Waals surface area contributed by atoms with Crippen molar-refractivity contribution in [2.75, 3.05) is 0 Å². The minimum Gasteiger partial charge on any atom is -0.106 e. The highest BCUT2D eigenvalue weighted by atomic mass is 13.6. The smallest absolute Gasteiger partial charge is 0.0473 e. The lowest BCUT2D eigenvalue weighted by atomic mass is 10.4. The van der Waals surface area contributed by atoms with Crippen LogP contribution in [-0.2, 0) is 0 Å². The summed E-state index contributed by atoms with van der Waals surface area (Å²) in [6.45, 7) is 19.9. The number of hydrogen-bond acceptors (Lipinski definition) is 0. The first-order valence-corrected chi connectivity index (χ1v) is 4.81. The molecule has 0 heterocycles. The van der Waals surface area contributed by atoms with Crippen molar-refractivity contribution in [1.29, 1.82) is 0 Å². The van der Waals surface area contributed by atoms with E-state index in [0.717, 1.165) is 0 Å². The quantitative estimate of drug-likeness (QED) is 0.476. The van der Waals surface area contributed by atoms with E-state index in [1.807, 2.05) is 6.92 Å². The van der Waals surface area contributed by atoms with E-state index in [0.29, 0.717) is 0 Å². The lowest BCUT2D eigenvalue weighted by molar-refractivity contribution is 0.886. The summed E-state index contributed by atoms with van der Waals surface area (Å²) in [4.78, 5) is 0. The molecule has 76 valence electrons. The van der Waals surface area contributed by atoms with E-state index in [2.05, 4.69) is 47.4 Å². The fourth-order valence-corrected chi connectivity index (χ4v) is 0. The van der Waals surface area contributed by atoms with Crippen molar-refractivity contribution in [2.24, 2.45) is 0 Å². The SMILES string of the molecule is C=C.C=CC.CCC.CCCC. The van der Waals surface area contributed by atoms with Crippen LogP contribution in [0, 0.1) is 0 Å². The highest BCUT2D eigenvalue weighted by Crippen LogP contribution is 1.76. The average Bonchev–Trinajstić information content (AvgIpc) is 2.10. The number of allylic oxidation sites excluding steroid dienone is 1. The predicted molar refractivity (Wildman–Crippen MR) is 63.7 cm³/mol. The van der Waals surface area contributed by atoms with E-state index in [9.17, 15) is 0 Å². The molecule has 0 N–H and O–H groups in total. The molecule has 0 saturated heterocycles. The second-order valence-electron chi connectivity index (χ2n) is 2.12. The van der Waals surface area contributed by atoms with Crippen molar-refractivity contribution in [2.45, 2.75) is 53.9 Å². The molecule has 0 spiro atoms. The van der Waals surface area contributed by atoms with Gasteiger partial charge in [0, 0.05) is 0 Å². The zero-order valence-corrected chi connectivity index (χ0v) is 9.82. The fourth-order valence-electron chi connectivity index (χ4n) is 0. The summed E-state index contributed by atoms with van der Waals surface area (Å²) >= 11 is 0. The summed E-state index contributed by atoms with van der Waals surface area (Å²) in [6.07, 6.45) is 5.64. The third-order valence-corrected chi connectivity index (χ3v) is 0.500. The first-order valence-electron chi connectivity index (χ1n) is 4.81. The molecule has 0 nitrogen and oxygen atoms in total. The highest BCUT2D eigenvalue weighted by Gasteiger charge is 1.56. The molecular weight excluding hydrogens is 144 g/mol. The zero-order valence-electron chi connectivity index (χ0n) is 9.82. The molecule has 0 radical (unpaired) electrons. The van der Waals surface area contributed by atoms with E-state index in [4.69, 9.17) is 0 Å². The molecule has 0 bridgehead atoms. The standard InChI is InChI=1S/C4H10.C3H8.C3H6.C2H4/c1-3-4-2;2*1-3-2;1-2/h3-4H2,1-2H3;3H2,1-2H3;3H,1H2,2H3;1-2H2. The summed E-state index contributed by atoms with van der Waals surface area (Å²) in [7, 11) is 0. The number of hydrogen-bond donors (Lipinski definition) is 0. The van der Waals surface area contributed by atoms with Crippen molar-refractivity contribution in [3.8, 4) is 0 Å². The largest absolute Gasteiger partial charge is 0.106 e. The van der Waals surface area contributed by atoms with Gasteiger partial charge in [-0.2, -0.15) is 0 Å². The molecule has 0 aliphatic rings. The van der Waals surface area contributed by atoms with E-state index >= 15 is 0 Å². The maximum Gasteiger partial charge on any atom is -0.0473 e. The number of rotatable bonds is 1. The van der Waals surface area contributed by atoms with E-state index < -0.39 is 0 Å². The summed E-state index contributed by atoms with van der Waals surface area (Å²) in [5.41, 5.74) is 0. The first-order chi connectivity index (χ1) is 5.74. The molecule has 0 aliphatic heterocycles. The summed E-state index contributed by atoms with van der Waals surface area (Å²) in [5, 5.41) is 0. The van der Waals surface area contributed by atoms with Crippen LogP contribution in [0.1, 0.15) is 53.9 Å². The Morgan fingerprint density at radius 1 is 0.917 bits per heavy atom. The Hall–Kier alpha value is -0.520. The fraction of sp³-hybridized carbons (Fsp3) is 0.667. The third kappa shape index (κ3) is 2960. The summed E-state index contributed by atoms with van der Waals surface area (Å²) < 4.78 is 0.